The van der Waals surface area contributed by atoms with Gasteiger partial charge in [-0.2, -0.15) is 0 Å². The minimum absolute atomic E-state index is 0.0305. The molecule has 1 heterocycles. The molecule has 0 aliphatic carbocycles. The van der Waals surface area contributed by atoms with Crippen molar-refractivity contribution in [3.05, 3.63) is 69.3 Å². The molecule has 29 heavy (non-hydrogen) atoms. The predicted octanol–water partition coefficient (Wildman–Crippen LogP) is 4.27. The fraction of sp³-hybridized carbons (Fsp3) is 0.150. The lowest BCUT2D eigenvalue weighted by Gasteiger charge is -2.10. The first-order chi connectivity index (χ1) is 13.9. The quantitative estimate of drug-likeness (QED) is 0.498. The second kappa shape index (κ2) is 9.11. The Labute approximate surface area is 175 Å². The van der Waals surface area contributed by atoms with Crippen LogP contribution in [-0.4, -0.2) is 35.7 Å². The Morgan fingerprint density at radius 3 is 2.59 bits per heavy atom. The first kappa shape index (κ1) is 20.9. The Balaban J connectivity index is 1.67. The monoisotopic (exact) mass is 435 g/mol. The van der Waals surface area contributed by atoms with Gasteiger partial charge in [0.25, 0.3) is 11.1 Å². The topological polar surface area (TPSA) is 72.9 Å². The number of rotatable bonds is 6. The number of methoxy groups -OCH3 is 1. The molecule has 2 amide bonds. The Hall–Kier alpha value is -2.84. The van der Waals surface area contributed by atoms with Gasteiger partial charge in [-0.05, 0) is 47.7 Å². The first-order valence-electron chi connectivity index (χ1n) is 8.37. The largest absolute Gasteiger partial charge is 0.489 e. The highest BCUT2D eigenvalue weighted by atomic mass is 35.5. The van der Waals surface area contributed by atoms with Gasteiger partial charge in [0.05, 0.1) is 17.0 Å². The van der Waals surface area contributed by atoms with E-state index in [1.807, 2.05) is 0 Å². The first-order valence-corrected chi connectivity index (χ1v) is 9.56. The lowest BCUT2D eigenvalue weighted by Crippen LogP contribution is -2.34. The molecule has 6 nitrogen and oxygen atoms in total. The van der Waals surface area contributed by atoms with Crippen LogP contribution in [0.25, 0.3) is 6.08 Å². The summed E-state index contributed by atoms with van der Waals surface area (Å²) in [5, 5.41) is -0.252. The number of carbonyl (C=O) groups is 3. The molecule has 0 N–H and O–H groups in total. The fourth-order valence-corrected chi connectivity index (χ4v) is 3.52. The van der Waals surface area contributed by atoms with E-state index in [1.165, 1.54) is 19.2 Å². The number of nitrogens with zero attached hydrogens (tertiary/aromatic N) is 1. The summed E-state index contributed by atoms with van der Waals surface area (Å²) in [6.45, 7) is -0.457. The van der Waals surface area contributed by atoms with Gasteiger partial charge >= 0.3 is 5.97 Å². The molecule has 0 unspecified atom stereocenters. The van der Waals surface area contributed by atoms with Crippen molar-refractivity contribution < 1.29 is 28.2 Å². The van der Waals surface area contributed by atoms with E-state index in [1.54, 1.807) is 36.4 Å². The molecule has 150 valence electrons. The number of esters is 1. The van der Waals surface area contributed by atoms with E-state index >= 15 is 0 Å². The zero-order valence-electron chi connectivity index (χ0n) is 15.2. The molecule has 2 aromatic rings. The molecule has 1 saturated heterocycles. The minimum Gasteiger partial charge on any atom is -0.489 e. The highest BCUT2D eigenvalue weighted by Gasteiger charge is 2.36. The minimum atomic E-state index is -0.676. The van der Waals surface area contributed by atoms with Crippen molar-refractivity contribution in [3.63, 3.8) is 0 Å². The number of benzene rings is 2. The highest BCUT2D eigenvalue weighted by molar-refractivity contribution is 8.18. The average Bonchev–Trinajstić information content (AvgIpc) is 2.96. The van der Waals surface area contributed by atoms with Gasteiger partial charge in [0.2, 0.25) is 0 Å². The van der Waals surface area contributed by atoms with Gasteiger partial charge in [-0.15, -0.1) is 0 Å². The normalized spacial score (nSPS) is 15.1. The number of hydrogen-bond acceptors (Lipinski definition) is 6. The van der Waals surface area contributed by atoms with Gasteiger partial charge in [-0.25, -0.2) is 4.39 Å². The SMILES string of the molecule is COC(=O)CN1C(=O)S/C(=C\c2ccc(OCc3c(F)cccc3Cl)cc2)C1=O. The van der Waals surface area contributed by atoms with E-state index in [4.69, 9.17) is 16.3 Å². The maximum atomic E-state index is 13.8. The van der Waals surface area contributed by atoms with Gasteiger partial charge in [-0.3, -0.25) is 19.3 Å². The van der Waals surface area contributed by atoms with Crippen LogP contribution in [0.15, 0.2) is 47.4 Å². The van der Waals surface area contributed by atoms with Crippen LogP contribution in [0.2, 0.25) is 5.02 Å². The van der Waals surface area contributed by atoms with Crippen LogP contribution in [0, 0.1) is 5.82 Å². The Bertz CT molecular complexity index is 973. The van der Waals surface area contributed by atoms with Crippen molar-refractivity contribution in [3.8, 4) is 5.75 Å². The van der Waals surface area contributed by atoms with Gasteiger partial charge < -0.3 is 9.47 Å². The number of carbonyl (C=O) groups excluding carboxylic acids is 3. The van der Waals surface area contributed by atoms with Crippen LogP contribution in [0.4, 0.5) is 9.18 Å². The molecule has 9 heteroatoms. The van der Waals surface area contributed by atoms with Crippen molar-refractivity contribution in [2.45, 2.75) is 6.61 Å². The standard InChI is InChI=1S/C20H15ClFNO5S/c1-27-18(24)10-23-19(25)17(29-20(23)26)9-12-5-7-13(8-6-12)28-11-14-15(21)3-2-4-16(14)22/h2-9H,10-11H2,1H3/b17-9-. The molecule has 0 radical (unpaired) electrons. The van der Waals surface area contributed by atoms with Crippen LogP contribution in [0.3, 0.4) is 0 Å². The van der Waals surface area contributed by atoms with Gasteiger partial charge in [0.1, 0.15) is 24.7 Å². The smallest absolute Gasteiger partial charge is 0.325 e. The number of ether oxygens (including phenoxy) is 2. The third-order valence-electron chi connectivity index (χ3n) is 4.01. The number of halogens is 2. The zero-order valence-corrected chi connectivity index (χ0v) is 16.8. The lowest BCUT2D eigenvalue weighted by atomic mass is 10.2. The maximum Gasteiger partial charge on any atom is 0.325 e. The van der Waals surface area contributed by atoms with E-state index in [2.05, 4.69) is 4.74 Å². The summed E-state index contributed by atoms with van der Waals surface area (Å²) in [7, 11) is 1.18. The molecule has 1 fully saturated rings. The van der Waals surface area contributed by atoms with E-state index in [-0.39, 0.29) is 22.1 Å². The van der Waals surface area contributed by atoms with Crippen molar-refractivity contribution >= 4 is 46.6 Å². The van der Waals surface area contributed by atoms with E-state index < -0.39 is 29.5 Å². The van der Waals surface area contributed by atoms with Crippen LogP contribution in [0.1, 0.15) is 11.1 Å². The fourth-order valence-electron chi connectivity index (χ4n) is 2.47. The molecule has 0 spiro atoms. The summed E-state index contributed by atoms with van der Waals surface area (Å²) in [4.78, 5) is 36.6. The molecule has 1 aliphatic heterocycles. The summed E-state index contributed by atoms with van der Waals surface area (Å²) >= 11 is 6.72. The van der Waals surface area contributed by atoms with Gasteiger partial charge in [0, 0.05) is 5.56 Å². The van der Waals surface area contributed by atoms with Crippen molar-refractivity contribution in [2.24, 2.45) is 0 Å². The third-order valence-corrected chi connectivity index (χ3v) is 5.27. The number of thioether (sulfide) groups is 1. The average molecular weight is 436 g/mol. The number of amides is 2. The summed E-state index contributed by atoms with van der Waals surface area (Å²) in [6, 6.07) is 11.1. The van der Waals surface area contributed by atoms with Crippen molar-refractivity contribution in [1.82, 2.24) is 4.90 Å². The molecule has 1 aliphatic rings. The summed E-state index contributed by atoms with van der Waals surface area (Å²) in [5.41, 5.74) is 0.919. The molecule has 0 bridgehead atoms. The lowest BCUT2D eigenvalue weighted by molar-refractivity contribution is -0.143. The number of imide groups is 1. The molecule has 3 rings (SSSR count). The highest BCUT2D eigenvalue weighted by Crippen LogP contribution is 2.32. The number of hydrogen-bond donors (Lipinski definition) is 0. The maximum absolute atomic E-state index is 13.8. The van der Waals surface area contributed by atoms with Gasteiger partial charge in [-0.1, -0.05) is 29.8 Å². The second-order valence-corrected chi connectivity index (χ2v) is 7.30. The zero-order chi connectivity index (χ0) is 21.0. The van der Waals surface area contributed by atoms with Crippen LogP contribution >= 0.6 is 23.4 Å². The predicted molar refractivity (Wildman–Crippen MR) is 107 cm³/mol. The van der Waals surface area contributed by atoms with Crippen LogP contribution < -0.4 is 4.74 Å². The summed E-state index contributed by atoms with van der Waals surface area (Å²) in [6.07, 6.45) is 1.54. The third kappa shape index (κ3) is 4.96. The Kier molecular flexibility index (Phi) is 6.56. The van der Waals surface area contributed by atoms with E-state index in [0.717, 1.165) is 16.7 Å². The molecule has 0 atom stereocenters. The van der Waals surface area contributed by atoms with Crippen molar-refractivity contribution in [2.75, 3.05) is 13.7 Å². The van der Waals surface area contributed by atoms with E-state index in [0.29, 0.717) is 11.3 Å². The van der Waals surface area contributed by atoms with E-state index in [9.17, 15) is 18.8 Å². The Morgan fingerprint density at radius 1 is 1.21 bits per heavy atom. The van der Waals surface area contributed by atoms with Crippen molar-refractivity contribution in [1.29, 1.82) is 0 Å². The second-order valence-electron chi connectivity index (χ2n) is 5.90. The molecular formula is C20H15ClFNO5S. The molecule has 0 saturated carbocycles. The summed E-state index contributed by atoms with van der Waals surface area (Å²) in [5.74, 6) is -1.19. The molecular weight excluding hydrogens is 421 g/mol. The van der Waals surface area contributed by atoms with Gasteiger partial charge in [0.15, 0.2) is 0 Å². The Morgan fingerprint density at radius 2 is 1.93 bits per heavy atom. The van der Waals surface area contributed by atoms with Crippen LogP contribution in [0.5, 0.6) is 5.75 Å². The molecule has 0 aromatic heterocycles. The van der Waals surface area contributed by atoms with Crippen LogP contribution in [-0.2, 0) is 20.9 Å². The summed E-state index contributed by atoms with van der Waals surface area (Å²) < 4.78 is 23.8. The molecule has 2 aromatic carbocycles.